The number of nitrogens with zero attached hydrogens (tertiary/aromatic N) is 5. The zero-order chi connectivity index (χ0) is 50.2. The van der Waals surface area contributed by atoms with Gasteiger partial charge in [0, 0.05) is 94.8 Å². The van der Waals surface area contributed by atoms with Gasteiger partial charge in [-0.25, -0.2) is 9.97 Å². The molecule has 4 heterocycles. The summed E-state index contributed by atoms with van der Waals surface area (Å²) in [6, 6.07) is 21.6. The van der Waals surface area contributed by atoms with Crippen LogP contribution in [0.4, 0.5) is 11.4 Å². The number of fused-ring (bicyclic) bond motifs is 2. The number of H-pyrrole nitrogens is 2. The fourth-order valence-electron chi connectivity index (χ4n) is 8.10. The van der Waals surface area contributed by atoms with Crippen molar-refractivity contribution < 1.29 is 24.3 Å². The van der Waals surface area contributed by atoms with Crippen molar-refractivity contribution in [1.82, 2.24) is 40.8 Å². The van der Waals surface area contributed by atoms with E-state index in [0.29, 0.717) is 109 Å². The molecule has 10 rings (SSSR count). The monoisotopic (exact) mass is 1060 g/mol. The van der Waals surface area contributed by atoms with Gasteiger partial charge < -0.3 is 45.7 Å². The number of aliphatic carboxylic acids is 1. The number of hydrogen-bond acceptors (Lipinski definition) is 11. The molecular formula is C51H56Cl4N10O7. The molecular weight excluding hydrogens is 1010 g/mol. The summed E-state index contributed by atoms with van der Waals surface area (Å²) in [6.45, 7) is 6.25. The maximum absolute atomic E-state index is 12.8. The van der Waals surface area contributed by atoms with Crippen LogP contribution in [-0.4, -0.2) is 118 Å². The third-order valence-corrected chi connectivity index (χ3v) is 13.5. The van der Waals surface area contributed by atoms with Crippen molar-refractivity contribution >= 4 is 103 Å². The Balaban J connectivity index is 0.000000173. The molecule has 6 N–H and O–H groups in total. The standard InChI is InChI=1S/C25H25Cl2N5O3.C14H18ClN3O.C11H9ClN2O3.CH4/c26-18-3-1-2-17-23(18)29-21(30-25(17)35)8-9-22(33)32-12-10-31(11-13-32)20-7-4-15(14-19(20)27)24(34)28-16-5-6-16;15-12-9-10(14(19)17-11-2-3-11)1-4-13(12)18-7-5-16-6-8-18;12-7-3-1-2-6-10(7)13-8(14-11(6)17)4-5-9(15)16;/h1-4,7,14,16H,5-6,8-13H2,(H,28,34)(H,29,30,35);1,4,9,11,16H,2-3,5-8H2,(H,17,19);1-3H,4-5H2,(H,15,16)(H,13,14,17);1H4. The number of hydrogen-bond donors (Lipinski definition) is 6. The molecule has 0 bridgehead atoms. The molecule has 4 aliphatic rings. The van der Waals surface area contributed by atoms with Crippen LogP contribution in [-0.2, 0) is 22.4 Å². The highest BCUT2D eigenvalue weighted by molar-refractivity contribution is 6.35. The lowest BCUT2D eigenvalue weighted by molar-refractivity contribution is -0.137. The van der Waals surface area contributed by atoms with Gasteiger partial charge in [0.05, 0.1) is 59.7 Å². The molecule has 0 unspecified atom stereocenters. The summed E-state index contributed by atoms with van der Waals surface area (Å²) in [6.07, 6.45) is 4.91. The van der Waals surface area contributed by atoms with E-state index in [9.17, 15) is 28.8 Å². The molecule has 72 heavy (non-hydrogen) atoms. The largest absolute Gasteiger partial charge is 0.481 e. The number of anilines is 2. The number of aromatic nitrogens is 4. The Kier molecular flexibility index (Phi) is 18.2. The lowest BCUT2D eigenvalue weighted by Gasteiger charge is -2.36. The first-order chi connectivity index (χ1) is 34.2. The Morgan fingerprint density at radius 2 is 1.04 bits per heavy atom. The highest BCUT2D eigenvalue weighted by atomic mass is 35.5. The molecule has 2 saturated heterocycles. The van der Waals surface area contributed by atoms with Gasteiger partial charge in [-0.1, -0.05) is 66.0 Å². The number of nitrogens with one attached hydrogen (secondary N) is 5. The van der Waals surface area contributed by atoms with Crippen LogP contribution in [0, 0.1) is 0 Å². The van der Waals surface area contributed by atoms with Crippen LogP contribution >= 0.6 is 46.4 Å². The number of aromatic amines is 2. The van der Waals surface area contributed by atoms with Crippen LogP contribution in [0.1, 0.15) is 78.3 Å². The van der Waals surface area contributed by atoms with Gasteiger partial charge in [-0.2, -0.15) is 0 Å². The summed E-state index contributed by atoms with van der Waals surface area (Å²) in [4.78, 5) is 91.5. The molecule has 4 fully saturated rings. The number of carbonyl (C=O) groups is 4. The first kappa shape index (κ1) is 53.6. The van der Waals surface area contributed by atoms with Crippen molar-refractivity contribution in [2.75, 3.05) is 62.2 Å². The number of carbonyl (C=O) groups excluding carboxylic acids is 3. The van der Waals surface area contributed by atoms with Gasteiger partial charge in [0.25, 0.3) is 22.9 Å². The van der Waals surface area contributed by atoms with Crippen molar-refractivity contribution in [2.24, 2.45) is 0 Å². The molecule has 6 aromatic rings. The molecule has 380 valence electrons. The van der Waals surface area contributed by atoms with Crippen LogP contribution in [0.25, 0.3) is 21.8 Å². The summed E-state index contributed by atoms with van der Waals surface area (Å²) in [5.74, 6) is -0.271. The number of aryl methyl sites for hydroxylation is 2. The SMILES string of the molecule is C.O=C(NC1CC1)c1ccc(N2CCN(C(=O)CCc3nc4c(Cl)cccc4c(=O)[nH]3)CC2)c(Cl)c1.O=C(NC1CC1)c1ccc(N2CCNCC2)c(Cl)c1.O=C(O)CCc1nc2c(Cl)cccc2c(=O)[nH]1. The number of carboxylic acids is 1. The molecule has 2 aromatic heterocycles. The number of para-hydroxylation sites is 2. The van der Waals surface area contributed by atoms with E-state index in [0.717, 1.165) is 63.2 Å². The van der Waals surface area contributed by atoms with Gasteiger partial charge in [-0.15, -0.1) is 0 Å². The third-order valence-electron chi connectivity index (χ3n) is 12.3. The second-order valence-corrected chi connectivity index (χ2v) is 19.3. The first-order valence-electron chi connectivity index (χ1n) is 23.5. The van der Waals surface area contributed by atoms with Gasteiger partial charge >= 0.3 is 5.97 Å². The van der Waals surface area contributed by atoms with Crippen molar-refractivity contribution in [1.29, 1.82) is 0 Å². The fourth-order valence-corrected chi connectivity index (χ4v) is 9.13. The topological polar surface area (TPSA) is 226 Å². The number of rotatable bonds is 12. The number of carboxylic acid groups (broad SMARTS) is 1. The van der Waals surface area contributed by atoms with Crippen LogP contribution in [0.2, 0.25) is 20.1 Å². The van der Waals surface area contributed by atoms with Crippen LogP contribution in [0.15, 0.2) is 82.4 Å². The Morgan fingerprint density at radius 3 is 1.47 bits per heavy atom. The molecule has 4 aromatic carbocycles. The molecule has 21 heteroatoms. The van der Waals surface area contributed by atoms with E-state index in [4.69, 9.17) is 51.5 Å². The molecule has 3 amide bonds. The summed E-state index contributed by atoms with van der Waals surface area (Å²) >= 11 is 24.9. The second kappa shape index (κ2) is 24.5. The van der Waals surface area contributed by atoms with Gasteiger partial charge in [0.15, 0.2) is 0 Å². The van der Waals surface area contributed by atoms with E-state index < -0.39 is 5.97 Å². The summed E-state index contributed by atoms with van der Waals surface area (Å²) in [7, 11) is 0. The van der Waals surface area contributed by atoms with Crippen molar-refractivity contribution in [3.63, 3.8) is 0 Å². The first-order valence-corrected chi connectivity index (χ1v) is 25.0. The van der Waals surface area contributed by atoms with E-state index in [1.807, 2.05) is 23.1 Å². The van der Waals surface area contributed by atoms with E-state index in [1.165, 1.54) is 0 Å². The minimum atomic E-state index is -0.938. The average molecular weight is 1060 g/mol. The Labute approximate surface area is 435 Å². The lowest BCUT2D eigenvalue weighted by atomic mass is 10.1. The smallest absolute Gasteiger partial charge is 0.303 e. The molecule has 0 atom stereocenters. The summed E-state index contributed by atoms with van der Waals surface area (Å²) in [5, 5.41) is 20.6. The number of benzene rings is 4. The van der Waals surface area contributed by atoms with Crippen molar-refractivity contribution in [2.45, 2.75) is 70.9 Å². The number of amides is 3. The van der Waals surface area contributed by atoms with Crippen LogP contribution in [0.3, 0.4) is 0 Å². The van der Waals surface area contributed by atoms with E-state index >= 15 is 0 Å². The summed E-state index contributed by atoms with van der Waals surface area (Å²) in [5.41, 5.74) is 3.36. The van der Waals surface area contributed by atoms with Gasteiger partial charge in [-0.05, 0) is 86.3 Å². The predicted octanol–water partition coefficient (Wildman–Crippen LogP) is 7.28. The van der Waals surface area contributed by atoms with E-state index in [2.05, 4.69) is 45.7 Å². The minimum Gasteiger partial charge on any atom is -0.481 e. The van der Waals surface area contributed by atoms with Crippen LogP contribution < -0.4 is 36.9 Å². The van der Waals surface area contributed by atoms with Crippen LogP contribution in [0.5, 0.6) is 0 Å². The molecule has 2 saturated carbocycles. The van der Waals surface area contributed by atoms with Gasteiger partial charge in [0.2, 0.25) is 5.91 Å². The van der Waals surface area contributed by atoms with E-state index in [1.54, 1.807) is 54.6 Å². The normalized spacial score (nSPS) is 15.4. The maximum atomic E-state index is 12.8. The molecule has 0 spiro atoms. The lowest BCUT2D eigenvalue weighted by Crippen LogP contribution is -2.49. The number of halogens is 4. The van der Waals surface area contributed by atoms with Gasteiger partial charge in [0.1, 0.15) is 11.6 Å². The fraction of sp³-hybridized carbons (Fsp3) is 0.373. The molecule has 17 nitrogen and oxygen atoms in total. The van der Waals surface area contributed by atoms with Crippen molar-refractivity contribution in [3.8, 4) is 0 Å². The predicted molar refractivity (Wildman–Crippen MR) is 284 cm³/mol. The maximum Gasteiger partial charge on any atom is 0.303 e. The Morgan fingerprint density at radius 1 is 0.597 bits per heavy atom. The van der Waals surface area contributed by atoms with Gasteiger partial charge in [-0.3, -0.25) is 28.8 Å². The highest BCUT2D eigenvalue weighted by Gasteiger charge is 2.27. The minimum absolute atomic E-state index is 0. The molecule has 0 radical (unpaired) electrons. The van der Waals surface area contributed by atoms with E-state index in [-0.39, 0.29) is 55.5 Å². The highest BCUT2D eigenvalue weighted by Crippen LogP contribution is 2.30. The summed E-state index contributed by atoms with van der Waals surface area (Å²) < 4.78 is 0. The molecule has 2 aliphatic heterocycles. The molecule has 2 aliphatic carbocycles. The number of piperazine rings is 2. The Hall–Kier alpha value is -6.24. The second-order valence-electron chi connectivity index (χ2n) is 17.6. The van der Waals surface area contributed by atoms with Crippen molar-refractivity contribution in [3.05, 3.63) is 136 Å². The quantitative estimate of drug-likeness (QED) is 0.0712. The zero-order valence-corrected chi connectivity index (χ0v) is 41.6. The average Bonchev–Trinajstić information content (AvgIpc) is 4.32. The zero-order valence-electron chi connectivity index (χ0n) is 38.5. The third kappa shape index (κ3) is 14.0. The Bertz CT molecular complexity index is 3080.